The van der Waals surface area contributed by atoms with Crippen LogP contribution in [0.3, 0.4) is 0 Å². The van der Waals surface area contributed by atoms with Crippen molar-refractivity contribution in [3.05, 3.63) is 69.4 Å². The van der Waals surface area contributed by atoms with Gasteiger partial charge < -0.3 is 10.2 Å². The molecule has 0 bridgehead atoms. The van der Waals surface area contributed by atoms with E-state index in [1.54, 1.807) is 18.2 Å². The number of carbonyl (C=O) groups is 1. The number of hydrogen-bond donors (Lipinski definition) is 2. The lowest BCUT2D eigenvalue weighted by Crippen LogP contribution is -2.05. The van der Waals surface area contributed by atoms with Crippen molar-refractivity contribution in [1.82, 2.24) is 4.98 Å². The third kappa shape index (κ3) is 2.81. The first-order valence-electron chi connectivity index (χ1n) is 7.48. The first kappa shape index (κ1) is 16.3. The number of carboxylic acid groups (broad SMARTS) is 1. The number of halogens is 1. The van der Waals surface area contributed by atoms with Crippen LogP contribution in [0.1, 0.15) is 32.7 Å². The molecule has 0 aliphatic rings. The van der Waals surface area contributed by atoms with Crippen LogP contribution in [0.5, 0.6) is 5.75 Å². The predicted octanol–water partition coefficient (Wildman–Crippen LogP) is 4.50. The molecule has 0 atom stereocenters. The van der Waals surface area contributed by atoms with E-state index in [0.29, 0.717) is 28.0 Å². The van der Waals surface area contributed by atoms with E-state index in [2.05, 4.69) is 4.98 Å². The summed E-state index contributed by atoms with van der Waals surface area (Å²) in [6.45, 7) is 3.85. The fourth-order valence-electron chi connectivity index (χ4n) is 2.74. The number of aromatic carboxylic acids is 1. The molecular weight excluding hydrogens is 326 g/mol. The van der Waals surface area contributed by atoms with Gasteiger partial charge in [0.05, 0.1) is 11.2 Å². The Bertz CT molecular complexity index is 949. The van der Waals surface area contributed by atoms with Crippen LogP contribution in [0.15, 0.2) is 36.4 Å². The summed E-state index contributed by atoms with van der Waals surface area (Å²) in [6.07, 6.45) is 0.326. The number of rotatable bonds is 3. The van der Waals surface area contributed by atoms with Gasteiger partial charge in [-0.25, -0.2) is 9.78 Å². The number of aryl methyl sites for hydroxylation is 2. The Labute approximate surface area is 144 Å². The van der Waals surface area contributed by atoms with Crippen molar-refractivity contribution >= 4 is 28.5 Å². The lowest BCUT2D eigenvalue weighted by molar-refractivity contribution is 0.0695. The maximum absolute atomic E-state index is 11.7. The van der Waals surface area contributed by atoms with Crippen LogP contribution in [-0.2, 0) is 6.42 Å². The first-order chi connectivity index (χ1) is 11.4. The molecule has 2 N–H and O–H groups in total. The summed E-state index contributed by atoms with van der Waals surface area (Å²) in [6, 6.07) is 10.7. The quantitative estimate of drug-likeness (QED) is 0.735. The smallest absolute Gasteiger partial charge is 0.340 e. The highest BCUT2D eigenvalue weighted by molar-refractivity contribution is 6.30. The SMILES string of the molecule is Cc1ccc2c(C(=O)O)c(O)c(Cc3ccc(Cl)cc3)nc2c1C. The van der Waals surface area contributed by atoms with E-state index >= 15 is 0 Å². The van der Waals surface area contributed by atoms with Crippen LogP contribution in [0.25, 0.3) is 10.9 Å². The normalized spacial score (nSPS) is 11.0. The van der Waals surface area contributed by atoms with Crippen LogP contribution >= 0.6 is 11.6 Å². The molecule has 3 rings (SSSR count). The summed E-state index contributed by atoms with van der Waals surface area (Å²) in [5, 5.41) is 21.1. The molecule has 0 fully saturated rings. The van der Waals surface area contributed by atoms with Gasteiger partial charge in [-0.3, -0.25) is 0 Å². The molecule has 122 valence electrons. The molecule has 0 unspecified atom stereocenters. The highest BCUT2D eigenvalue weighted by atomic mass is 35.5. The van der Waals surface area contributed by atoms with Gasteiger partial charge in [-0.1, -0.05) is 35.9 Å². The molecule has 0 spiro atoms. The second kappa shape index (κ2) is 6.13. The maximum Gasteiger partial charge on any atom is 0.340 e. The van der Waals surface area contributed by atoms with E-state index in [0.717, 1.165) is 16.7 Å². The van der Waals surface area contributed by atoms with Gasteiger partial charge in [0.15, 0.2) is 5.75 Å². The summed E-state index contributed by atoms with van der Waals surface area (Å²) >= 11 is 5.89. The second-order valence-corrected chi connectivity index (χ2v) is 6.23. The number of pyridine rings is 1. The minimum absolute atomic E-state index is 0.105. The third-order valence-corrected chi connectivity index (χ3v) is 4.48. The number of benzene rings is 2. The van der Waals surface area contributed by atoms with Crippen LogP contribution in [0, 0.1) is 13.8 Å². The number of nitrogens with zero attached hydrogens (tertiary/aromatic N) is 1. The molecule has 0 aliphatic heterocycles. The number of hydrogen-bond acceptors (Lipinski definition) is 3. The summed E-state index contributed by atoms with van der Waals surface area (Å²) in [5.41, 5.74) is 3.67. The minimum atomic E-state index is -1.17. The molecule has 0 saturated heterocycles. The average molecular weight is 342 g/mol. The number of fused-ring (bicyclic) bond motifs is 1. The highest BCUT2D eigenvalue weighted by Gasteiger charge is 2.21. The summed E-state index contributed by atoms with van der Waals surface area (Å²) in [7, 11) is 0. The first-order valence-corrected chi connectivity index (χ1v) is 7.85. The molecule has 5 heteroatoms. The molecule has 0 amide bonds. The fraction of sp³-hybridized carbons (Fsp3) is 0.158. The van der Waals surface area contributed by atoms with E-state index in [1.807, 2.05) is 32.0 Å². The minimum Gasteiger partial charge on any atom is -0.505 e. The van der Waals surface area contributed by atoms with Crippen LogP contribution in [0.4, 0.5) is 0 Å². The van der Waals surface area contributed by atoms with Gasteiger partial charge in [0.1, 0.15) is 5.56 Å². The predicted molar refractivity (Wildman–Crippen MR) is 94.1 cm³/mol. The average Bonchev–Trinajstić information content (AvgIpc) is 2.54. The maximum atomic E-state index is 11.7. The topological polar surface area (TPSA) is 70.4 Å². The fourth-order valence-corrected chi connectivity index (χ4v) is 2.87. The zero-order valence-electron chi connectivity index (χ0n) is 13.3. The van der Waals surface area contributed by atoms with E-state index in [9.17, 15) is 15.0 Å². The number of aromatic hydroxyl groups is 1. The Morgan fingerprint density at radius 3 is 2.42 bits per heavy atom. The van der Waals surface area contributed by atoms with Gasteiger partial charge >= 0.3 is 5.97 Å². The molecule has 4 nitrogen and oxygen atoms in total. The van der Waals surface area contributed by atoms with Crippen molar-refractivity contribution < 1.29 is 15.0 Å². The van der Waals surface area contributed by atoms with Crippen molar-refractivity contribution in [1.29, 1.82) is 0 Å². The molecule has 1 aromatic heterocycles. The number of aromatic nitrogens is 1. The van der Waals surface area contributed by atoms with Crippen molar-refractivity contribution in [3.63, 3.8) is 0 Å². The van der Waals surface area contributed by atoms with Crippen LogP contribution in [-0.4, -0.2) is 21.2 Å². The van der Waals surface area contributed by atoms with Crippen LogP contribution < -0.4 is 0 Å². The zero-order valence-corrected chi connectivity index (χ0v) is 14.1. The zero-order chi connectivity index (χ0) is 17.4. The van der Waals surface area contributed by atoms with Crippen molar-refractivity contribution in [2.24, 2.45) is 0 Å². The van der Waals surface area contributed by atoms with Gasteiger partial charge in [-0.15, -0.1) is 0 Å². The Hall–Kier alpha value is -2.59. The third-order valence-electron chi connectivity index (χ3n) is 4.23. The molecule has 0 radical (unpaired) electrons. The molecule has 2 aromatic carbocycles. The van der Waals surface area contributed by atoms with E-state index < -0.39 is 5.97 Å². The Kier molecular flexibility index (Phi) is 4.16. The van der Waals surface area contributed by atoms with Gasteiger partial charge in [-0.2, -0.15) is 0 Å². The largest absolute Gasteiger partial charge is 0.505 e. The van der Waals surface area contributed by atoms with Gasteiger partial charge in [-0.05, 0) is 42.7 Å². The highest BCUT2D eigenvalue weighted by Crippen LogP contribution is 2.32. The molecule has 3 aromatic rings. The van der Waals surface area contributed by atoms with Gasteiger partial charge in [0, 0.05) is 16.8 Å². The molecule has 1 heterocycles. The summed E-state index contributed by atoms with van der Waals surface area (Å²) in [5.74, 6) is -1.45. The summed E-state index contributed by atoms with van der Waals surface area (Å²) in [4.78, 5) is 16.2. The lowest BCUT2D eigenvalue weighted by Gasteiger charge is -2.13. The Morgan fingerprint density at radius 1 is 1.12 bits per heavy atom. The molecule has 0 saturated carbocycles. The van der Waals surface area contributed by atoms with Crippen LogP contribution in [0.2, 0.25) is 5.02 Å². The second-order valence-electron chi connectivity index (χ2n) is 5.79. The van der Waals surface area contributed by atoms with Crippen molar-refractivity contribution in [2.75, 3.05) is 0 Å². The molecule has 0 aliphatic carbocycles. The van der Waals surface area contributed by atoms with Gasteiger partial charge in [0.2, 0.25) is 0 Å². The number of carboxylic acids is 1. The van der Waals surface area contributed by atoms with E-state index in [-0.39, 0.29) is 11.3 Å². The standard InChI is InChI=1S/C19H16ClNO3/c1-10-3-8-14-16(19(23)24)18(22)15(21-17(14)11(10)2)9-12-4-6-13(20)7-5-12/h3-8,22H,9H2,1-2H3,(H,23,24). The molecular formula is C19H16ClNO3. The molecule has 24 heavy (non-hydrogen) atoms. The van der Waals surface area contributed by atoms with Crippen molar-refractivity contribution in [3.8, 4) is 5.75 Å². The van der Waals surface area contributed by atoms with E-state index in [4.69, 9.17) is 11.6 Å². The van der Waals surface area contributed by atoms with Crippen molar-refractivity contribution in [2.45, 2.75) is 20.3 Å². The summed E-state index contributed by atoms with van der Waals surface area (Å²) < 4.78 is 0. The van der Waals surface area contributed by atoms with E-state index in [1.165, 1.54) is 0 Å². The van der Waals surface area contributed by atoms with Gasteiger partial charge in [0.25, 0.3) is 0 Å². The Morgan fingerprint density at radius 2 is 1.79 bits per heavy atom. The Balaban J connectivity index is 2.24. The lowest BCUT2D eigenvalue weighted by atomic mass is 9.98. The monoisotopic (exact) mass is 341 g/mol.